The molecule has 1 atom stereocenters. The zero-order valence-corrected chi connectivity index (χ0v) is 70.1. The summed E-state index contributed by atoms with van der Waals surface area (Å²) in [7, 11) is 0. The molecule has 0 bridgehead atoms. The molecule has 12 nitrogen and oxygen atoms in total. The molecule has 15 heteroatoms. The smallest absolute Gasteiger partial charge is 0.216 e. The number of benzene rings is 6. The van der Waals surface area contributed by atoms with E-state index in [1.165, 1.54) is 37.2 Å². The Bertz CT molecular complexity index is 6480. The van der Waals surface area contributed by atoms with Gasteiger partial charge in [0.25, 0.3) is 0 Å². The molecule has 0 aliphatic carbocycles. The Morgan fingerprint density at radius 2 is 0.708 bits per heavy atom. The van der Waals surface area contributed by atoms with Gasteiger partial charge in [0.05, 0.1) is 16.7 Å². The van der Waals surface area contributed by atoms with Crippen LogP contribution >= 0.6 is 0 Å². The van der Waals surface area contributed by atoms with Crippen molar-refractivity contribution in [2.24, 2.45) is 0 Å². The van der Waals surface area contributed by atoms with Crippen LogP contribution in [0, 0.1) is 57.2 Å². The SMILES string of the molecule is CCc1cnc(-c2[c-]ccc3c2oc2nc(C)ccc23)cc1CC.[2H]C([2H])(C)c1cc(-c2[c-]ccc3c2oc2nc(C)ccc23)ncc1C([2H])(C)C([2H])([2H])[2H].[2H]C([2H])(C)c1cnc(-c2[c-]ccc3c2oc2nc(C)ccc23)cc1C([2H])(C([2H])([2H])[2H])C([2H])([2H])[2H].[Ir].[Ir].[Ir].[c-]1ccccc1-c1ccccn1.[c-]1ccccc1-c1ccccn1.[c-]1ccccc1-c1ccccn1. The van der Waals surface area contributed by atoms with Crippen LogP contribution in [0.1, 0.15) is 138 Å². The van der Waals surface area contributed by atoms with Gasteiger partial charge in [0, 0.05) is 151 Å². The minimum atomic E-state index is -3.28. The van der Waals surface area contributed by atoms with Crippen LogP contribution in [-0.2, 0) is 85.9 Å². The van der Waals surface area contributed by atoms with Crippen LogP contribution in [0.5, 0.6) is 0 Å². The zero-order valence-electron chi connectivity index (χ0n) is 77.9. The van der Waals surface area contributed by atoms with Gasteiger partial charge in [-0.15, -0.1) is 162 Å². The predicted molar refractivity (Wildman–Crippen MR) is 446 cm³/mol. The van der Waals surface area contributed by atoms with Crippen LogP contribution in [0.15, 0.2) is 269 Å². The van der Waals surface area contributed by atoms with Crippen LogP contribution in [0.25, 0.3) is 134 Å². The summed E-state index contributed by atoms with van der Waals surface area (Å²) in [5.74, 6) is -5.12. The molecular weight excluding hydrogens is 1930 g/mol. The minimum Gasteiger partial charge on any atom is -0.486 e. The Morgan fingerprint density at radius 3 is 1.05 bits per heavy atom. The molecule has 0 aliphatic rings. The van der Waals surface area contributed by atoms with Crippen LogP contribution < -0.4 is 0 Å². The van der Waals surface area contributed by atoms with E-state index in [9.17, 15) is 0 Å². The van der Waals surface area contributed by atoms with E-state index in [1.54, 1.807) is 36.8 Å². The number of nitrogens with zero attached hydrogens (tertiary/aromatic N) is 9. The third kappa shape index (κ3) is 20.3. The second kappa shape index (κ2) is 40.5. The third-order valence-corrected chi connectivity index (χ3v) is 17.9. The third-order valence-electron chi connectivity index (χ3n) is 17.9. The summed E-state index contributed by atoms with van der Waals surface area (Å²) >= 11 is 0. The first-order valence-electron chi connectivity index (χ1n) is 43.2. The van der Waals surface area contributed by atoms with Crippen molar-refractivity contribution in [2.45, 2.75) is 113 Å². The van der Waals surface area contributed by atoms with Crippen molar-refractivity contribution in [1.82, 2.24) is 44.9 Å². The molecule has 113 heavy (non-hydrogen) atoms. The number of hydrogen-bond acceptors (Lipinski definition) is 12. The van der Waals surface area contributed by atoms with Crippen molar-refractivity contribution in [3.8, 4) is 67.5 Å². The molecule has 0 saturated carbocycles. The molecule has 3 radical (unpaired) electrons. The van der Waals surface area contributed by atoms with E-state index >= 15 is 0 Å². The average Bonchev–Trinajstić information content (AvgIpc) is 0.911. The second-order valence-electron chi connectivity index (χ2n) is 25.3. The van der Waals surface area contributed by atoms with Crippen molar-refractivity contribution >= 4 is 66.2 Å². The van der Waals surface area contributed by atoms with Gasteiger partial charge in [-0.25, -0.2) is 15.0 Å². The van der Waals surface area contributed by atoms with Crippen molar-refractivity contribution in [3.63, 3.8) is 0 Å². The Balaban J connectivity index is 0.000000167. The number of aromatic nitrogens is 9. The van der Waals surface area contributed by atoms with Crippen LogP contribution in [0.3, 0.4) is 0 Å². The van der Waals surface area contributed by atoms with E-state index in [2.05, 4.69) is 107 Å². The second-order valence-corrected chi connectivity index (χ2v) is 25.3. The van der Waals surface area contributed by atoms with Gasteiger partial charge >= 0.3 is 0 Å². The van der Waals surface area contributed by atoms with Gasteiger partial charge in [-0.1, -0.05) is 154 Å². The summed E-state index contributed by atoms with van der Waals surface area (Å²) in [6.45, 7) is 4.54. The van der Waals surface area contributed by atoms with E-state index < -0.39 is 50.7 Å². The topological polar surface area (TPSA) is 155 Å². The van der Waals surface area contributed by atoms with Crippen molar-refractivity contribution in [3.05, 3.63) is 342 Å². The number of pyridine rings is 9. The van der Waals surface area contributed by atoms with E-state index in [0.717, 1.165) is 127 Å². The Labute approximate surface area is 723 Å². The summed E-state index contributed by atoms with van der Waals surface area (Å²) in [5, 5.41) is 5.23. The number of fused-ring (bicyclic) bond motifs is 9. The Kier molecular flexibility index (Phi) is 23.5. The number of furan rings is 3. The summed E-state index contributed by atoms with van der Waals surface area (Å²) in [6, 6.07) is 87.3. The summed E-state index contributed by atoms with van der Waals surface area (Å²) in [6.07, 6.45) is 7.66. The fraction of sp³-hybridized carbons (Fsp3) is 0.173. The fourth-order valence-corrected chi connectivity index (χ4v) is 12.3. The molecule has 18 rings (SSSR count). The van der Waals surface area contributed by atoms with Crippen molar-refractivity contribution in [2.75, 3.05) is 0 Å². The summed E-state index contributed by atoms with van der Waals surface area (Å²) < 4.78 is 138. The summed E-state index contributed by atoms with van der Waals surface area (Å²) in [5.41, 5.74) is 16.9. The van der Waals surface area contributed by atoms with Crippen LogP contribution in [-0.4, -0.2) is 44.9 Å². The maximum absolute atomic E-state index is 8.66. The van der Waals surface area contributed by atoms with E-state index in [-0.39, 0.29) is 82.7 Å². The van der Waals surface area contributed by atoms with Crippen LogP contribution in [0.2, 0.25) is 0 Å². The molecule has 0 N–H and O–H groups in total. The van der Waals surface area contributed by atoms with E-state index in [4.69, 9.17) is 33.8 Å². The van der Waals surface area contributed by atoms with Gasteiger partial charge in [-0.2, -0.15) is 0 Å². The molecule has 1 unspecified atom stereocenters. The molecule has 573 valence electrons. The molecular formula is C98H85Ir3N9O3-6. The number of hydrogen-bond donors (Lipinski definition) is 0. The van der Waals surface area contributed by atoms with Gasteiger partial charge in [0.2, 0.25) is 17.1 Å². The first-order chi connectivity index (χ1) is 59.5. The average molecular weight is 2030 g/mol. The van der Waals surface area contributed by atoms with E-state index in [1.807, 2.05) is 203 Å². The maximum atomic E-state index is 8.66. The van der Waals surface area contributed by atoms with Crippen molar-refractivity contribution < 1.29 is 94.1 Å². The maximum Gasteiger partial charge on any atom is 0.216 e. The van der Waals surface area contributed by atoms with Crippen LogP contribution in [0.4, 0.5) is 0 Å². The number of aryl methyl sites for hydroxylation is 7. The largest absolute Gasteiger partial charge is 0.486 e. The first-order valence-corrected chi connectivity index (χ1v) is 35.7. The monoisotopic (exact) mass is 2030 g/mol. The molecule has 12 heterocycles. The van der Waals surface area contributed by atoms with Gasteiger partial charge in [-0.3, -0.25) is 0 Å². The molecule has 12 aromatic heterocycles. The zero-order chi connectivity index (χ0) is 89.4. The molecule has 0 aliphatic heterocycles. The van der Waals surface area contributed by atoms with Gasteiger partial charge < -0.3 is 43.2 Å². The Hall–Kier alpha value is -11.0. The molecule has 18 aromatic rings. The fourth-order valence-electron chi connectivity index (χ4n) is 12.3. The van der Waals surface area contributed by atoms with E-state index in [0.29, 0.717) is 50.5 Å². The standard InChI is InChI=1S/2C22H21N2O.C21H19N2O.3C11H8N.3Ir/c1-5-15-12-23-20(11-19(15)13(2)3)18-8-6-7-16-17-10-9-14(4)24-22(17)25-21(16)18;1-5-15-11-20(23-12-19(15)13(2)3)18-8-6-7-16-17-10-9-14(4)24-22(17)25-21(16)18;1-4-14-11-19(22-12-15(14)5-2)18-8-6-7-16-17-10-9-13(3)23-21(17)24-20(16)18;3*1-2-6-10(7-3-1)11-8-4-5-9-12-11;;;/h2*6-7,9-13H,5H2,1-4H3;6-7,9-12H,4-5H2,1-3H3;3*1-6,8-9H;;;/q6*-1;;;/i2D3,3D3,5D2,13D;2D3,5D2,13D;;;;;;;. The molecule has 6 aromatic carbocycles. The minimum absolute atomic E-state index is 0. The van der Waals surface area contributed by atoms with Crippen molar-refractivity contribution in [1.29, 1.82) is 0 Å². The van der Waals surface area contributed by atoms with Gasteiger partial charge in [0.1, 0.15) is 0 Å². The Morgan fingerprint density at radius 1 is 0.345 bits per heavy atom. The quantitative estimate of drug-likeness (QED) is 0.107. The summed E-state index contributed by atoms with van der Waals surface area (Å²) in [4.78, 5) is 39.3. The van der Waals surface area contributed by atoms with Gasteiger partial charge in [0.15, 0.2) is 0 Å². The normalized spacial score (nSPS) is 13.9. The van der Waals surface area contributed by atoms with Gasteiger partial charge in [-0.05, 0) is 169 Å². The molecule has 0 fully saturated rings. The first kappa shape index (κ1) is 65.6. The molecule has 0 spiro atoms. The molecule has 0 amide bonds. The molecule has 0 saturated heterocycles. The number of rotatable bonds is 12. The predicted octanol–water partition coefficient (Wildman–Crippen LogP) is 24.6.